The zero-order valence-electron chi connectivity index (χ0n) is 12.1. The van der Waals surface area contributed by atoms with Crippen molar-refractivity contribution in [1.82, 2.24) is 15.1 Å². The van der Waals surface area contributed by atoms with Crippen LogP contribution in [0.25, 0.3) is 0 Å². The van der Waals surface area contributed by atoms with E-state index in [1.165, 1.54) is 43.4 Å². The van der Waals surface area contributed by atoms with Gasteiger partial charge in [0.25, 0.3) is 0 Å². The zero-order valence-corrected chi connectivity index (χ0v) is 12.1. The fraction of sp³-hybridized carbons (Fsp3) is 0.800. The van der Waals surface area contributed by atoms with Gasteiger partial charge < -0.3 is 5.32 Å². The lowest BCUT2D eigenvalue weighted by Gasteiger charge is -2.10. The van der Waals surface area contributed by atoms with E-state index in [0.717, 1.165) is 19.0 Å². The molecule has 0 aromatic carbocycles. The number of hydrogen-bond acceptors (Lipinski definition) is 2. The Hall–Kier alpha value is -0.830. The van der Waals surface area contributed by atoms with E-state index in [0.29, 0.717) is 5.92 Å². The average molecular weight is 249 g/mol. The Balaban J connectivity index is 1.75. The number of hydrogen-bond donors (Lipinski definition) is 1. The second kappa shape index (κ2) is 6.37. The zero-order chi connectivity index (χ0) is 13.0. The normalized spacial score (nSPS) is 16.9. The van der Waals surface area contributed by atoms with E-state index < -0.39 is 0 Å². The average Bonchev–Trinajstić information content (AvgIpc) is 2.93. The molecule has 0 spiro atoms. The van der Waals surface area contributed by atoms with E-state index in [4.69, 9.17) is 0 Å². The van der Waals surface area contributed by atoms with Crippen LogP contribution in [0.1, 0.15) is 63.1 Å². The molecule has 0 atom stereocenters. The summed E-state index contributed by atoms with van der Waals surface area (Å²) in [5.41, 5.74) is 2.60. The molecule has 0 amide bonds. The molecule has 18 heavy (non-hydrogen) atoms. The largest absolute Gasteiger partial charge is 0.313 e. The smallest absolute Gasteiger partial charge is 0.0694 e. The molecule has 1 heterocycles. The highest BCUT2D eigenvalue weighted by atomic mass is 15.3. The van der Waals surface area contributed by atoms with Gasteiger partial charge in [-0.1, -0.05) is 39.5 Å². The van der Waals surface area contributed by atoms with Gasteiger partial charge in [0.05, 0.1) is 5.69 Å². The first-order valence-electron chi connectivity index (χ1n) is 7.40. The lowest BCUT2D eigenvalue weighted by molar-refractivity contribution is 0.477. The third kappa shape index (κ3) is 3.58. The molecule has 1 aromatic heterocycles. The number of aromatic nitrogens is 2. The fourth-order valence-corrected chi connectivity index (χ4v) is 3.01. The van der Waals surface area contributed by atoms with E-state index in [-0.39, 0.29) is 0 Å². The molecule has 0 bridgehead atoms. The summed E-state index contributed by atoms with van der Waals surface area (Å²) in [7, 11) is 2.01. The van der Waals surface area contributed by atoms with Gasteiger partial charge in [-0.2, -0.15) is 5.10 Å². The van der Waals surface area contributed by atoms with Crippen molar-refractivity contribution in [2.24, 2.45) is 13.0 Å². The Bertz CT molecular complexity index is 362. The number of nitrogens with zero attached hydrogens (tertiary/aromatic N) is 2. The molecule has 1 saturated carbocycles. The van der Waals surface area contributed by atoms with Gasteiger partial charge in [0, 0.05) is 25.4 Å². The van der Waals surface area contributed by atoms with Crippen molar-refractivity contribution in [3.8, 4) is 0 Å². The van der Waals surface area contributed by atoms with E-state index >= 15 is 0 Å². The second-order valence-electron chi connectivity index (χ2n) is 5.98. The van der Waals surface area contributed by atoms with Crippen molar-refractivity contribution in [2.45, 2.75) is 58.4 Å². The number of nitrogens with one attached hydrogen (secondary N) is 1. The first kappa shape index (κ1) is 13.6. The lowest BCUT2D eigenvalue weighted by atomic mass is 10.0. The quantitative estimate of drug-likeness (QED) is 0.785. The van der Waals surface area contributed by atoms with Crippen LogP contribution in [0.2, 0.25) is 0 Å². The van der Waals surface area contributed by atoms with Crippen LogP contribution in [0, 0.1) is 5.92 Å². The van der Waals surface area contributed by atoms with Crippen molar-refractivity contribution in [1.29, 1.82) is 0 Å². The highest BCUT2D eigenvalue weighted by molar-refractivity contribution is 5.19. The molecule has 1 fully saturated rings. The fourth-order valence-electron chi connectivity index (χ4n) is 3.01. The van der Waals surface area contributed by atoms with E-state index in [9.17, 15) is 0 Å². The minimum atomic E-state index is 0.512. The maximum Gasteiger partial charge on any atom is 0.0694 e. The third-order valence-electron chi connectivity index (χ3n) is 4.00. The first-order chi connectivity index (χ1) is 8.66. The summed E-state index contributed by atoms with van der Waals surface area (Å²) in [4.78, 5) is 0. The van der Waals surface area contributed by atoms with E-state index in [1.54, 1.807) is 0 Å². The molecular formula is C15H27N3. The topological polar surface area (TPSA) is 29.9 Å². The van der Waals surface area contributed by atoms with Gasteiger partial charge in [-0.15, -0.1) is 0 Å². The summed E-state index contributed by atoms with van der Waals surface area (Å²) in [6.45, 7) is 6.54. The molecule has 2 rings (SSSR count). The molecule has 1 aliphatic rings. The summed E-state index contributed by atoms with van der Waals surface area (Å²) in [5.74, 6) is 1.49. The predicted molar refractivity (Wildman–Crippen MR) is 75.6 cm³/mol. The molecule has 0 unspecified atom stereocenters. The van der Waals surface area contributed by atoms with Gasteiger partial charge in [-0.05, 0) is 24.8 Å². The molecule has 0 saturated heterocycles. The summed E-state index contributed by atoms with van der Waals surface area (Å²) < 4.78 is 1.93. The van der Waals surface area contributed by atoms with E-state index in [2.05, 4.69) is 30.5 Å². The Morgan fingerprint density at radius 2 is 2.11 bits per heavy atom. The number of aryl methyl sites for hydroxylation is 1. The summed E-state index contributed by atoms with van der Waals surface area (Å²) in [5, 5.41) is 8.13. The van der Waals surface area contributed by atoms with Crippen LogP contribution < -0.4 is 5.32 Å². The van der Waals surface area contributed by atoms with Gasteiger partial charge >= 0.3 is 0 Å². The van der Waals surface area contributed by atoms with Gasteiger partial charge in [-0.3, -0.25) is 4.68 Å². The Morgan fingerprint density at radius 1 is 1.39 bits per heavy atom. The molecule has 3 heteroatoms. The number of rotatable bonds is 6. The molecule has 1 aromatic rings. The summed E-state index contributed by atoms with van der Waals surface area (Å²) in [6, 6.07) is 0. The highest BCUT2D eigenvalue weighted by Crippen LogP contribution is 2.27. The highest BCUT2D eigenvalue weighted by Gasteiger charge is 2.14. The van der Waals surface area contributed by atoms with Crippen molar-refractivity contribution in [3.05, 3.63) is 17.5 Å². The molecule has 3 nitrogen and oxygen atoms in total. The van der Waals surface area contributed by atoms with Crippen LogP contribution in [0.3, 0.4) is 0 Å². The minimum Gasteiger partial charge on any atom is -0.313 e. The predicted octanol–water partition coefficient (Wildman–Crippen LogP) is 3.21. The Morgan fingerprint density at radius 3 is 2.78 bits per heavy atom. The molecule has 0 aliphatic heterocycles. The molecule has 0 radical (unpaired) electrons. The second-order valence-corrected chi connectivity index (χ2v) is 5.98. The van der Waals surface area contributed by atoms with Crippen molar-refractivity contribution < 1.29 is 0 Å². The van der Waals surface area contributed by atoms with Gasteiger partial charge in [0.2, 0.25) is 0 Å². The van der Waals surface area contributed by atoms with Crippen LogP contribution in [0.15, 0.2) is 6.20 Å². The van der Waals surface area contributed by atoms with Gasteiger partial charge in [-0.25, -0.2) is 0 Å². The van der Waals surface area contributed by atoms with Crippen molar-refractivity contribution in [3.63, 3.8) is 0 Å². The summed E-state index contributed by atoms with van der Waals surface area (Å²) >= 11 is 0. The van der Waals surface area contributed by atoms with Gasteiger partial charge in [0.15, 0.2) is 0 Å². The monoisotopic (exact) mass is 249 g/mol. The minimum absolute atomic E-state index is 0.512. The molecule has 102 valence electrons. The van der Waals surface area contributed by atoms with Crippen LogP contribution >= 0.6 is 0 Å². The van der Waals surface area contributed by atoms with Crippen LogP contribution in [0.4, 0.5) is 0 Å². The maximum absolute atomic E-state index is 4.54. The maximum atomic E-state index is 4.54. The Labute approximate surface area is 111 Å². The van der Waals surface area contributed by atoms with Crippen molar-refractivity contribution >= 4 is 0 Å². The summed E-state index contributed by atoms with van der Waals surface area (Å²) in [6.07, 6.45) is 9.29. The standard InChI is InChI=1S/C15H27N3/c1-12(2)15-14(11-18(3)17-15)10-16-9-8-13-6-4-5-7-13/h11-13,16H,4-10H2,1-3H3. The first-order valence-corrected chi connectivity index (χ1v) is 7.40. The Kier molecular flexibility index (Phi) is 4.81. The molecular weight excluding hydrogens is 222 g/mol. The van der Waals surface area contributed by atoms with Crippen molar-refractivity contribution in [2.75, 3.05) is 6.54 Å². The van der Waals surface area contributed by atoms with Gasteiger partial charge in [0.1, 0.15) is 0 Å². The SMILES string of the molecule is CC(C)c1nn(C)cc1CNCCC1CCCC1. The lowest BCUT2D eigenvalue weighted by Crippen LogP contribution is -2.17. The third-order valence-corrected chi connectivity index (χ3v) is 4.00. The van der Waals surface area contributed by atoms with Crippen LogP contribution in [-0.2, 0) is 13.6 Å². The van der Waals surface area contributed by atoms with Crippen LogP contribution in [-0.4, -0.2) is 16.3 Å². The molecule has 1 N–H and O–H groups in total. The van der Waals surface area contributed by atoms with E-state index in [1.807, 2.05) is 11.7 Å². The molecule has 1 aliphatic carbocycles. The van der Waals surface area contributed by atoms with Crippen LogP contribution in [0.5, 0.6) is 0 Å².